The van der Waals surface area contributed by atoms with Crippen molar-refractivity contribution in [2.24, 2.45) is 0 Å². The molecule has 0 saturated heterocycles. The minimum atomic E-state index is -0.526. The lowest BCUT2D eigenvalue weighted by molar-refractivity contribution is -0.384. The van der Waals surface area contributed by atoms with Crippen LogP contribution < -0.4 is 10.1 Å². The Morgan fingerprint density at radius 1 is 1.19 bits per heavy atom. The molecule has 1 N–H and O–H groups in total. The smallest absolute Gasteiger partial charge is 0.288 e. The molecule has 0 heterocycles. The second kappa shape index (κ2) is 7.06. The van der Waals surface area contributed by atoms with Crippen molar-refractivity contribution in [3.8, 4) is 11.5 Å². The molecule has 0 bridgehead atoms. The summed E-state index contributed by atoms with van der Waals surface area (Å²) in [4.78, 5) is 10.2. The summed E-state index contributed by atoms with van der Waals surface area (Å²) in [6, 6.07) is 11.9. The number of halogens is 1. The summed E-state index contributed by atoms with van der Waals surface area (Å²) in [5.74, 6) is 1.12. The third kappa shape index (κ3) is 4.18. The molecule has 0 unspecified atom stereocenters. The fraction of sp³-hybridized carbons (Fsp3) is 0.200. The van der Waals surface area contributed by atoms with Gasteiger partial charge in [0.05, 0.1) is 4.92 Å². The van der Waals surface area contributed by atoms with Gasteiger partial charge >= 0.3 is 0 Å². The molecule has 2 aromatic carbocycles. The van der Waals surface area contributed by atoms with Crippen molar-refractivity contribution in [2.45, 2.75) is 13.5 Å². The van der Waals surface area contributed by atoms with Crippen molar-refractivity contribution in [3.05, 3.63) is 63.2 Å². The number of nitrogens with zero attached hydrogens (tertiary/aromatic N) is 1. The van der Waals surface area contributed by atoms with Crippen LogP contribution in [0.25, 0.3) is 0 Å². The SMILES string of the molecule is CCNCc1ccc(Oc2ccc([N+](=O)[O-])c(Cl)c2)cc1. The van der Waals surface area contributed by atoms with Crippen LogP contribution in [0.5, 0.6) is 11.5 Å². The molecule has 0 saturated carbocycles. The Morgan fingerprint density at radius 3 is 2.43 bits per heavy atom. The normalized spacial score (nSPS) is 10.4. The van der Waals surface area contributed by atoms with Crippen LogP contribution in [-0.2, 0) is 6.54 Å². The van der Waals surface area contributed by atoms with Gasteiger partial charge in [0, 0.05) is 18.7 Å². The van der Waals surface area contributed by atoms with Crippen molar-refractivity contribution >= 4 is 17.3 Å². The first-order chi connectivity index (χ1) is 10.1. The van der Waals surface area contributed by atoms with Crippen LogP contribution in [0.15, 0.2) is 42.5 Å². The largest absolute Gasteiger partial charge is 0.457 e. The van der Waals surface area contributed by atoms with E-state index in [1.807, 2.05) is 24.3 Å². The Kier molecular flexibility index (Phi) is 5.14. The van der Waals surface area contributed by atoms with Gasteiger partial charge in [-0.3, -0.25) is 10.1 Å². The molecule has 0 aliphatic rings. The lowest BCUT2D eigenvalue weighted by Gasteiger charge is -2.07. The number of nitro benzene ring substituents is 1. The number of rotatable bonds is 6. The second-order valence-corrected chi connectivity index (χ2v) is 4.80. The molecule has 5 nitrogen and oxygen atoms in total. The summed E-state index contributed by atoms with van der Waals surface area (Å²) in [7, 11) is 0. The Hall–Kier alpha value is -2.11. The van der Waals surface area contributed by atoms with E-state index in [9.17, 15) is 10.1 Å². The fourth-order valence-electron chi connectivity index (χ4n) is 1.78. The Morgan fingerprint density at radius 2 is 1.86 bits per heavy atom. The van der Waals surface area contributed by atoms with Crippen LogP contribution >= 0.6 is 11.6 Å². The van der Waals surface area contributed by atoms with Gasteiger partial charge in [-0.25, -0.2) is 0 Å². The first-order valence-electron chi connectivity index (χ1n) is 6.51. The van der Waals surface area contributed by atoms with Crippen molar-refractivity contribution in [1.29, 1.82) is 0 Å². The summed E-state index contributed by atoms with van der Waals surface area (Å²) in [6.45, 7) is 3.77. The summed E-state index contributed by atoms with van der Waals surface area (Å²) < 4.78 is 5.63. The van der Waals surface area contributed by atoms with Gasteiger partial charge in [-0.15, -0.1) is 0 Å². The molecular weight excluding hydrogens is 292 g/mol. The highest BCUT2D eigenvalue weighted by molar-refractivity contribution is 6.32. The predicted octanol–water partition coefficient (Wildman–Crippen LogP) is 4.15. The number of hydrogen-bond acceptors (Lipinski definition) is 4. The van der Waals surface area contributed by atoms with Crippen LogP contribution in [0, 0.1) is 10.1 Å². The van der Waals surface area contributed by atoms with Gasteiger partial charge in [0.2, 0.25) is 0 Å². The number of benzene rings is 2. The quantitative estimate of drug-likeness (QED) is 0.643. The number of nitro groups is 1. The molecule has 0 aromatic heterocycles. The van der Waals surface area contributed by atoms with E-state index < -0.39 is 4.92 Å². The van der Waals surface area contributed by atoms with Gasteiger partial charge in [-0.2, -0.15) is 0 Å². The number of ether oxygens (including phenoxy) is 1. The van der Waals surface area contributed by atoms with Crippen LogP contribution in [0.4, 0.5) is 5.69 Å². The minimum absolute atomic E-state index is 0.0567. The van der Waals surface area contributed by atoms with Crippen molar-refractivity contribution in [2.75, 3.05) is 6.54 Å². The molecular formula is C15H15ClN2O3. The molecule has 0 atom stereocenters. The van der Waals surface area contributed by atoms with E-state index in [-0.39, 0.29) is 10.7 Å². The molecule has 0 spiro atoms. The molecule has 2 rings (SSSR count). The van der Waals surface area contributed by atoms with E-state index >= 15 is 0 Å². The molecule has 0 fully saturated rings. The van der Waals surface area contributed by atoms with E-state index in [0.29, 0.717) is 11.5 Å². The van der Waals surface area contributed by atoms with Crippen molar-refractivity contribution in [3.63, 3.8) is 0 Å². The standard InChI is InChI=1S/C15H15ClN2O3/c1-2-17-10-11-3-5-12(6-4-11)21-13-7-8-15(18(19)20)14(16)9-13/h3-9,17H,2,10H2,1H3. The molecule has 21 heavy (non-hydrogen) atoms. The highest BCUT2D eigenvalue weighted by atomic mass is 35.5. The van der Waals surface area contributed by atoms with Gasteiger partial charge in [-0.05, 0) is 30.3 Å². The lowest BCUT2D eigenvalue weighted by Crippen LogP contribution is -2.11. The van der Waals surface area contributed by atoms with Crippen LogP contribution in [0.1, 0.15) is 12.5 Å². The van der Waals surface area contributed by atoms with Crippen molar-refractivity contribution in [1.82, 2.24) is 5.32 Å². The lowest BCUT2D eigenvalue weighted by atomic mass is 10.2. The van der Waals surface area contributed by atoms with Crippen LogP contribution in [-0.4, -0.2) is 11.5 Å². The van der Waals surface area contributed by atoms with E-state index in [4.69, 9.17) is 16.3 Å². The maximum atomic E-state index is 10.7. The molecule has 0 amide bonds. The van der Waals surface area contributed by atoms with Crippen molar-refractivity contribution < 1.29 is 9.66 Å². The van der Waals surface area contributed by atoms with Gasteiger partial charge in [0.15, 0.2) is 0 Å². The molecule has 0 radical (unpaired) electrons. The van der Waals surface area contributed by atoms with Crippen LogP contribution in [0.2, 0.25) is 5.02 Å². The molecule has 2 aromatic rings. The highest BCUT2D eigenvalue weighted by Gasteiger charge is 2.12. The Bertz CT molecular complexity index is 629. The summed E-state index contributed by atoms with van der Waals surface area (Å²) in [6.07, 6.45) is 0. The average molecular weight is 307 g/mol. The molecule has 110 valence electrons. The van der Waals surface area contributed by atoms with E-state index in [2.05, 4.69) is 12.2 Å². The van der Waals surface area contributed by atoms with Gasteiger partial charge in [0.1, 0.15) is 16.5 Å². The minimum Gasteiger partial charge on any atom is -0.457 e. The third-order valence-corrected chi connectivity index (χ3v) is 3.16. The van der Waals surface area contributed by atoms with Gasteiger partial charge < -0.3 is 10.1 Å². The third-order valence-electron chi connectivity index (χ3n) is 2.85. The molecule has 0 aliphatic carbocycles. The first kappa shape index (κ1) is 15.3. The van der Waals surface area contributed by atoms with Crippen LogP contribution in [0.3, 0.4) is 0 Å². The molecule has 0 aliphatic heterocycles. The second-order valence-electron chi connectivity index (χ2n) is 4.40. The van der Waals surface area contributed by atoms with E-state index in [1.54, 1.807) is 0 Å². The Labute approximate surface area is 127 Å². The van der Waals surface area contributed by atoms with Gasteiger partial charge in [0.25, 0.3) is 5.69 Å². The average Bonchev–Trinajstić information content (AvgIpc) is 2.46. The zero-order valence-corrected chi connectivity index (χ0v) is 12.3. The first-order valence-corrected chi connectivity index (χ1v) is 6.89. The fourth-order valence-corrected chi connectivity index (χ4v) is 2.02. The Balaban J connectivity index is 2.07. The maximum absolute atomic E-state index is 10.7. The van der Waals surface area contributed by atoms with E-state index in [0.717, 1.165) is 18.7 Å². The zero-order chi connectivity index (χ0) is 15.2. The number of hydrogen-bond donors (Lipinski definition) is 1. The summed E-state index contributed by atoms with van der Waals surface area (Å²) in [5.41, 5.74) is 1.02. The predicted molar refractivity (Wildman–Crippen MR) is 82.0 cm³/mol. The number of nitrogens with one attached hydrogen (secondary N) is 1. The molecule has 6 heteroatoms. The van der Waals surface area contributed by atoms with Gasteiger partial charge in [-0.1, -0.05) is 30.7 Å². The highest BCUT2D eigenvalue weighted by Crippen LogP contribution is 2.30. The summed E-state index contributed by atoms with van der Waals surface area (Å²) >= 11 is 5.84. The monoisotopic (exact) mass is 306 g/mol. The topological polar surface area (TPSA) is 64.4 Å². The zero-order valence-electron chi connectivity index (χ0n) is 11.5. The summed E-state index contributed by atoms with van der Waals surface area (Å²) in [5, 5.41) is 14.0. The maximum Gasteiger partial charge on any atom is 0.288 e. The van der Waals surface area contributed by atoms with E-state index in [1.165, 1.54) is 18.2 Å².